The number of carbonyl (C=O) groups excluding carboxylic acids is 3. The molecule has 1 unspecified atom stereocenters. The minimum absolute atomic E-state index is 0.0862. The molecular weight excluding hydrogens is 612 g/mol. The first kappa shape index (κ1) is 46.1. The van der Waals surface area contributed by atoms with Gasteiger partial charge < -0.3 is 14.2 Å². The smallest absolute Gasteiger partial charge is 0.306 e. The molecule has 0 aliphatic heterocycles. The molecular formula is C43H72O6. The molecule has 6 nitrogen and oxygen atoms in total. The molecule has 280 valence electrons. The number of unbranched alkanes of at least 4 members (excludes halogenated alkanes) is 13. The summed E-state index contributed by atoms with van der Waals surface area (Å²) in [6, 6.07) is 0. The summed E-state index contributed by atoms with van der Waals surface area (Å²) in [5.74, 6) is -0.950. The molecule has 1 atom stereocenters. The third kappa shape index (κ3) is 36.2. The molecule has 0 N–H and O–H groups in total. The van der Waals surface area contributed by atoms with Gasteiger partial charge in [-0.05, 0) is 64.2 Å². The summed E-state index contributed by atoms with van der Waals surface area (Å²) in [5, 5.41) is 0. The lowest BCUT2D eigenvalue weighted by Crippen LogP contribution is -2.30. The SMILES string of the molecule is CC/C=C\C/C=C\C/C=C\C/C=C\C/C=C\CCCCCC(=O)OCC(COC(=O)CCCCCCC)OC(=O)CCCCCCCCC. The van der Waals surface area contributed by atoms with Crippen molar-refractivity contribution in [2.45, 2.75) is 181 Å². The van der Waals surface area contributed by atoms with Crippen LogP contribution < -0.4 is 0 Å². The topological polar surface area (TPSA) is 78.9 Å². The van der Waals surface area contributed by atoms with Crippen molar-refractivity contribution >= 4 is 17.9 Å². The van der Waals surface area contributed by atoms with Gasteiger partial charge in [0, 0.05) is 19.3 Å². The first-order valence-electron chi connectivity index (χ1n) is 19.8. The molecule has 0 amide bonds. The van der Waals surface area contributed by atoms with Gasteiger partial charge in [0.15, 0.2) is 6.10 Å². The summed E-state index contributed by atoms with van der Waals surface area (Å²) in [7, 11) is 0. The van der Waals surface area contributed by atoms with Gasteiger partial charge in [0.25, 0.3) is 0 Å². The van der Waals surface area contributed by atoms with Crippen LogP contribution in [-0.2, 0) is 28.6 Å². The number of hydrogen-bond donors (Lipinski definition) is 0. The maximum absolute atomic E-state index is 12.5. The van der Waals surface area contributed by atoms with Gasteiger partial charge in [-0.2, -0.15) is 0 Å². The van der Waals surface area contributed by atoms with Gasteiger partial charge in [0.2, 0.25) is 0 Å². The van der Waals surface area contributed by atoms with Crippen LogP contribution >= 0.6 is 0 Å². The first-order chi connectivity index (χ1) is 24.0. The number of esters is 3. The van der Waals surface area contributed by atoms with Gasteiger partial charge in [-0.3, -0.25) is 14.4 Å². The lowest BCUT2D eigenvalue weighted by molar-refractivity contribution is -0.167. The first-order valence-corrected chi connectivity index (χ1v) is 19.8. The van der Waals surface area contributed by atoms with Crippen molar-refractivity contribution in [3.8, 4) is 0 Å². The van der Waals surface area contributed by atoms with Crippen LogP contribution in [0.2, 0.25) is 0 Å². The third-order valence-corrected chi connectivity index (χ3v) is 8.04. The Morgan fingerprint density at radius 2 is 0.796 bits per heavy atom. The van der Waals surface area contributed by atoms with Gasteiger partial charge in [0.1, 0.15) is 13.2 Å². The fourth-order valence-corrected chi connectivity index (χ4v) is 5.05. The summed E-state index contributed by atoms with van der Waals surface area (Å²) in [4.78, 5) is 37.1. The molecule has 0 spiro atoms. The molecule has 6 heteroatoms. The Bertz CT molecular complexity index is 929. The van der Waals surface area contributed by atoms with E-state index in [0.29, 0.717) is 19.3 Å². The van der Waals surface area contributed by atoms with E-state index in [4.69, 9.17) is 14.2 Å². The lowest BCUT2D eigenvalue weighted by Gasteiger charge is -2.18. The Morgan fingerprint density at radius 1 is 0.429 bits per heavy atom. The van der Waals surface area contributed by atoms with Crippen molar-refractivity contribution in [2.24, 2.45) is 0 Å². The van der Waals surface area contributed by atoms with Crippen LogP contribution in [0, 0.1) is 0 Å². The van der Waals surface area contributed by atoms with Crippen LogP contribution in [0.4, 0.5) is 0 Å². The quantitative estimate of drug-likeness (QED) is 0.0290. The van der Waals surface area contributed by atoms with Crippen molar-refractivity contribution in [1.82, 2.24) is 0 Å². The van der Waals surface area contributed by atoms with E-state index in [1.807, 2.05) is 0 Å². The maximum Gasteiger partial charge on any atom is 0.306 e. The molecule has 0 fully saturated rings. The van der Waals surface area contributed by atoms with Crippen molar-refractivity contribution in [3.05, 3.63) is 60.8 Å². The average Bonchev–Trinajstić information content (AvgIpc) is 3.09. The number of carbonyl (C=O) groups is 3. The highest BCUT2D eigenvalue weighted by Crippen LogP contribution is 2.11. The van der Waals surface area contributed by atoms with Crippen LogP contribution in [0.25, 0.3) is 0 Å². The van der Waals surface area contributed by atoms with Crippen molar-refractivity contribution < 1.29 is 28.6 Å². The van der Waals surface area contributed by atoms with Crippen molar-refractivity contribution in [3.63, 3.8) is 0 Å². The minimum Gasteiger partial charge on any atom is -0.462 e. The van der Waals surface area contributed by atoms with Crippen molar-refractivity contribution in [1.29, 1.82) is 0 Å². The Morgan fingerprint density at radius 3 is 1.24 bits per heavy atom. The molecule has 0 aromatic rings. The third-order valence-electron chi connectivity index (χ3n) is 8.04. The summed E-state index contributed by atoms with van der Waals surface area (Å²) in [5.41, 5.74) is 0. The molecule has 0 heterocycles. The van der Waals surface area contributed by atoms with Gasteiger partial charge in [-0.25, -0.2) is 0 Å². The molecule has 0 aromatic heterocycles. The number of ether oxygens (including phenoxy) is 3. The van der Waals surface area contributed by atoms with E-state index in [1.54, 1.807) is 0 Å². The normalized spacial score (nSPS) is 12.6. The minimum atomic E-state index is -0.777. The largest absolute Gasteiger partial charge is 0.462 e. The van der Waals surface area contributed by atoms with E-state index < -0.39 is 6.10 Å². The summed E-state index contributed by atoms with van der Waals surface area (Å²) < 4.78 is 16.4. The molecule has 0 saturated heterocycles. The highest BCUT2D eigenvalue weighted by molar-refractivity contribution is 5.71. The Hall–Kier alpha value is -2.89. The second-order valence-corrected chi connectivity index (χ2v) is 12.8. The van der Waals surface area contributed by atoms with Crippen LogP contribution in [0.1, 0.15) is 175 Å². The van der Waals surface area contributed by atoms with E-state index >= 15 is 0 Å². The molecule has 0 aliphatic carbocycles. The number of hydrogen-bond acceptors (Lipinski definition) is 6. The second kappa shape index (κ2) is 37.9. The van der Waals surface area contributed by atoms with Crippen LogP contribution in [0.5, 0.6) is 0 Å². The predicted molar refractivity (Wildman–Crippen MR) is 205 cm³/mol. The lowest BCUT2D eigenvalue weighted by atomic mass is 10.1. The molecule has 0 aromatic carbocycles. The Kier molecular flexibility index (Phi) is 35.7. The van der Waals surface area contributed by atoms with E-state index in [-0.39, 0.29) is 31.1 Å². The van der Waals surface area contributed by atoms with Gasteiger partial charge >= 0.3 is 17.9 Å². The Balaban J connectivity index is 4.25. The van der Waals surface area contributed by atoms with Crippen LogP contribution in [0.3, 0.4) is 0 Å². The van der Waals surface area contributed by atoms with E-state index in [2.05, 4.69) is 81.5 Å². The van der Waals surface area contributed by atoms with Gasteiger partial charge in [-0.1, -0.05) is 152 Å². The predicted octanol–water partition coefficient (Wildman–Crippen LogP) is 12.2. The zero-order valence-corrected chi connectivity index (χ0v) is 31.7. The molecule has 0 radical (unpaired) electrons. The zero-order valence-electron chi connectivity index (χ0n) is 31.7. The fourth-order valence-electron chi connectivity index (χ4n) is 5.05. The molecule has 49 heavy (non-hydrogen) atoms. The standard InChI is InChI=1S/C43H72O6/c1-4-7-10-13-15-16-17-18-19-20-21-22-23-24-25-26-28-30-33-36-42(45)48-39-40(38-47-41(44)35-32-29-12-9-6-3)49-43(46)37-34-31-27-14-11-8-5-2/h7,10,15-16,18-19,21-22,24-25,40H,4-6,8-9,11-14,17,20,23,26-39H2,1-3H3/b10-7-,16-15-,19-18-,22-21-,25-24-. The second-order valence-electron chi connectivity index (χ2n) is 12.8. The van der Waals surface area contributed by atoms with Gasteiger partial charge in [-0.15, -0.1) is 0 Å². The molecule has 0 rings (SSSR count). The molecule has 0 aliphatic rings. The highest BCUT2D eigenvalue weighted by Gasteiger charge is 2.19. The number of allylic oxidation sites excluding steroid dienone is 10. The Labute approximate surface area is 300 Å². The van der Waals surface area contributed by atoms with Gasteiger partial charge in [0.05, 0.1) is 0 Å². The maximum atomic E-state index is 12.5. The summed E-state index contributed by atoms with van der Waals surface area (Å²) >= 11 is 0. The molecule has 0 saturated carbocycles. The van der Waals surface area contributed by atoms with Crippen molar-refractivity contribution in [2.75, 3.05) is 13.2 Å². The average molecular weight is 685 g/mol. The monoisotopic (exact) mass is 685 g/mol. The van der Waals surface area contributed by atoms with Crippen LogP contribution in [-0.4, -0.2) is 37.2 Å². The van der Waals surface area contributed by atoms with Crippen LogP contribution in [0.15, 0.2) is 60.8 Å². The fraction of sp³-hybridized carbons (Fsp3) is 0.698. The van der Waals surface area contributed by atoms with E-state index in [1.165, 1.54) is 32.1 Å². The molecule has 0 bridgehead atoms. The summed E-state index contributed by atoms with van der Waals surface area (Å²) in [6.07, 6.45) is 43.9. The van der Waals surface area contributed by atoms with E-state index in [0.717, 1.165) is 103 Å². The number of rotatable bonds is 34. The zero-order chi connectivity index (χ0) is 35.9. The summed E-state index contributed by atoms with van der Waals surface area (Å²) in [6.45, 7) is 6.33. The van der Waals surface area contributed by atoms with E-state index in [9.17, 15) is 14.4 Å². The highest BCUT2D eigenvalue weighted by atomic mass is 16.6.